The van der Waals surface area contributed by atoms with Crippen molar-refractivity contribution in [3.8, 4) is 0 Å². The summed E-state index contributed by atoms with van der Waals surface area (Å²) >= 11 is 0. The van der Waals surface area contributed by atoms with Crippen LogP contribution < -0.4 is 5.73 Å². The van der Waals surface area contributed by atoms with Crippen molar-refractivity contribution in [3.05, 3.63) is 0 Å². The molecule has 0 radical (unpaired) electrons. The Morgan fingerprint density at radius 2 is 2.00 bits per heavy atom. The maximum absolute atomic E-state index is 11.2. The number of rotatable bonds is 0. The number of nitrogens with zero attached hydrogens (tertiary/aromatic N) is 2. The molecule has 2 bridgehead atoms. The normalized spacial score (nSPS) is 34.0. The largest absolute Gasteiger partial charge is 0.408 e. The third-order valence-corrected chi connectivity index (χ3v) is 2.91. The molecular formula is C8H13N3O2. The van der Waals surface area contributed by atoms with Crippen molar-refractivity contribution in [2.24, 2.45) is 10.9 Å². The molecule has 0 aromatic heterocycles. The summed E-state index contributed by atoms with van der Waals surface area (Å²) in [4.78, 5) is 13.1. The fraction of sp³-hybridized carbons (Fsp3) is 0.750. The molecule has 2 aliphatic rings. The maximum atomic E-state index is 11.2. The van der Waals surface area contributed by atoms with Crippen LogP contribution in [0.3, 0.4) is 0 Å². The molecule has 0 aliphatic carbocycles. The molecule has 13 heavy (non-hydrogen) atoms. The second kappa shape index (κ2) is 2.90. The van der Waals surface area contributed by atoms with Crippen molar-refractivity contribution < 1.29 is 10.0 Å². The van der Waals surface area contributed by atoms with Gasteiger partial charge in [-0.15, -0.1) is 0 Å². The van der Waals surface area contributed by atoms with Gasteiger partial charge in [0.2, 0.25) is 5.96 Å². The van der Waals surface area contributed by atoms with Gasteiger partial charge in [0.15, 0.2) is 0 Å². The van der Waals surface area contributed by atoms with Crippen LogP contribution in [-0.2, 0) is 4.79 Å². The zero-order valence-corrected chi connectivity index (χ0v) is 7.31. The SMILES string of the molecule is N/C(=N\O)N1C2CCC1CC(=O)C2. The number of ketones is 1. The predicted octanol–water partition coefficient (Wildman–Crippen LogP) is -0.114. The molecule has 3 N–H and O–H groups in total. The topological polar surface area (TPSA) is 78.9 Å². The number of oxime groups is 1. The van der Waals surface area contributed by atoms with E-state index < -0.39 is 0 Å². The lowest BCUT2D eigenvalue weighted by Gasteiger charge is -2.33. The van der Waals surface area contributed by atoms with Gasteiger partial charge in [0.1, 0.15) is 5.78 Å². The predicted molar refractivity (Wildman–Crippen MR) is 46.3 cm³/mol. The molecule has 0 spiro atoms. The fourth-order valence-electron chi connectivity index (χ4n) is 2.40. The molecule has 2 rings (SSSR count). The number of fused-ring (bicyclic) bond motifs is 2. The van der Waals surface area contributed by atoms with Crippen LogP contribution in [0, 0.1) is 0 Å². The number of guanidine groups is 1. The lowest BCUT2D eigenvalue weighted by atomic mass is 10.0. The number of hydrogen-bond acceptors (Lipinski definition) is 3. The average molecular weight is 183 g/mol. The number of Topliss-reactive ketones (excluding diaryl/α,β-unsaturated/α-hetero) is 1. The van der Waals surface area contributed by atoms with E-state index in [2.05, 4.69) is 5.16 Å². The standard InChI is InChI=1S/C8H13N3O2/c9-8(10-13)11-5-1-2-6(11)4-7(12)3-5/h5-6,13H,1-4H2,(H2,9,10). The first-order chi connectivity index (χ1) is 6.22. The van der Waals surface area contributed by atoms with Crippen LogP contribution in [0.15, 0.2) is 5.16 Å². The molecule has 2 atom stereocenters. The minimum Gasteiger partial charge on any atom is -0.408 e. The van der Waals surface area contributed by atoms with Crippen LogP contribution in [-0.4, -0.2) is 33.9 Å². The van der Waals surface area contributed by atoms with Crippen molar-refractivity contribution in [2.45, 2.75) is 37.8 Å². The van der Waals surface area contributed by atoms with E-state index in [9.17, 15) is 4.79 Å². The minimum atomic E-state index is 0.153. The quantitative estimate of drug-likeness (QED) is 0.237. The maximum Gasteiger partial charge on any atom is 0.233 e. The van der Waals surface area contributed by atoms with E-state index in [4.69, 9.17) is 10.9 Å². The Morgan fingerprint density at radius 1 is 1.46 bits per heavy atom. The number of hydrogen-bond donors (Lipinski definition) is 2. The molecule has 2 fully saturated rings. The third kappa shape index (κ3) is 1.24. The first kappa shape index (κ1) is 8.34. The van der Waals surface area contributed by atoms with E-state index in [-0.39, 0.29) is 18.0 Å². The van der Waals surface area contributed by atoms with E-state index in [0.29, 0.717) is 18.6 Å². The zero-order valence-electron chi connectivity index (χ0n) is 7.31. The summed E-state index contributed by atoms with van der Waals surface area (Å²) < 4.78 is 0. The highest BCUT2D eigenvalue weighted by Gasteiger charge is 2.41. The van der Waals surface area contributed by atoms with Gasteiger partial charge >= 0.3 is 0 Å². The van der Waals surface area contributed by atoms with Gasteiger partial charge in [-0.1, -0.05) is 5.16 Å². The average Bonchev–Trinajstić information content (AvgIpc) is 2.37. The van der Waals surface area contributed by atoms with Gasteiger partial charge in [0.05, 0.1) is 0 Å². The first-order valence-corrected chi connectivity index (χ1v) is 4.50. The van der Waals surface area contributed by atoms with E-state index >= 15 is 0 Å². The van der Waals surface area contributed by atoms with E-state index in [1.807, 2.05) is 4.90 Å². The van der Waals surface area contributed by atoms with Crippen LogP contribution in [0.1, 0.15) is 25.7 Å². The molecule has 0 aromatic carbocycles. The summed E-state index contributed by atoms with van der Waals surface area (Å²) in [5.74, 6) is 0.453. The molecule has 72 valence electrons. The van der Waals surface area contributed by atoms with Crippen LogP contribution in [0.25, 0.3) is 0 Å². The summed E-state index contributed by atoms with van der Waals surface area (Å²) in [6, 6.07) is 0.337. The van der Waals surface area contributed by atoms with Crippen LogP contribution >= 0.6 is 0 Å². The highest BCUT2D eigenvalue weighted by molar-refractivity contribution is 5.85. The van der Waals surface area contributed by atoms with Gasteiger partial charge in [-0.25, -0.2) is 0 Å². The number of piperidine rings is 1. The van der Waals surface area contributed by atoms with Crippen molar-refractivity contribution in [3.63, 3.8) is 0 Å². The second-order valence-corrected chi connectivity index (χ2v) is 3.70. The molecule has 2 heterocycles. The third-order valence-electron chi connectivity index (χ3n) is 2.91. The van der Waals surface area contributed by atoms with E-state index in [1.54, 1.807) is 0 Å². The molecule has 2 aliphatic heterocycles. The summed E-state index contributed by atoms with van der Waals surface area (Å²) in [6.07, 6.45) is 3.05. The fourth-order valence-corrected chi connectivity index (χ4v) is 2.40. The Hall–Kier alpha value is -1.26. The van der Waals surface area contributed by atoms with Crippen molar-refractivity contribution >= 4 is 11.7 Å². The molecule has 0 amide bonds. The summed E-state index contributed by atoms with van der Waals surface area (Å²) in [6.45, 7) is 0. The highest BCUT2D eigenvalue weighted by atomic mass is 16.4. The van der Waals surface area contributed by atoms with Crippen LogP contribution in [0.4, 0.5) is 0 Å². The molecule has 5 nitrogen and oxygen atoms in total. The van der Waals surface area contributed by atoms with E-state index in [1.165, 1.54) is 0 Å². The summed E-state index contributed by atoms with van der Waals surface area (Å²) in [5.41, 5.74) is 5.53. The second-order valence-electron chi connectivity index (χ2n) is 3.70. The number of carbonyl (C=O) groups excluding carboxylic acids is 1. The van der Waals surface area contributed by atoms with Crippen LogP contribution in [0.5, 0.6) is 0 Å². The lowest BCUT2D eigenvalue weighted by molar-refractivity contribution is -0.122. The van der Waals surface area contributed by atoms with Gasteiger partial charge < -0.3 is 15.8 Å². The van der Waals surface area contributed by atoms with Gasteiger partial charge in [-0.2, -0.15) is 0 Å². The molecule has 5 heteroatoms. The van der Waals surface area contributed by atoms with Crippen molar-refractivity contribution in [2.75, 3.05) is 0 Å². The monoisotopic (exact) mass is 183 g/mol. The zero-order chi connectivity index (χ0) is 9.42. The molecule has 2 saturated heterocycles. The van der Waals surface area contributed by atoms with Gasteiger partial charge in [-0.05, 0) is 12.8 Å². The highest BCUT2D eigenvalue weighted by Crippen LogP contribution is 2.33. The lowest BCUT2D eigenvalue weighted by Crippen LogP contribution is -2.50. The Balaban J connectivity index is 2.19. The van der Waals surface area contributed by atoms with E-state index in [0.717, 1.165) is 12.8 Å². The van der Waals surface area contributed by atoms with Crippen molar-refractivity contribution in [1.82, 2.24) is 4.90 Å². The Bertz CT molecular complexity index is 248. The smallest absolute Gasteiger partial charge is 0.233 e. The van der Waals surface area contributed by atoms with Gasteiger partial charge in [-0.3, -0.25) is 4.79 Å². The van der Waals surface area contributed by atoms with Gasteiger partial charge in [0, 0.05) is 24.9 Å². The molecule has 0 aromatic rings. The summed E-state index contributed by atoms with van der Waals surface area (Å²) in [5, 5.41) is 11.5. The number of carbonyl (C=O) groups is 1. The van der Waals surface area contributed by atoms with Crippen molar-refractivity contribution in [1.29, 1.82) is 0 Å². The molecular weight excluding hydrogens is 170 g/mol. The molecule has 0 saturated carbocycles. The van der Waals surface area contributed by atoms with Crippen LogP contribution in [0.2, 0.25) is 0 Å². The first-order valence-electron chi connectivity index (χ1n) is 4.50. The summed E-state index contributed by atoms with van der Waals surface area (Å²) in [7, 11) is 0. The number of nitrogens with two attached hydrogens (primary N) is 1. The Labute approximate surface area is 76.2 Å². The minimum absolute atomic E-state index is 0.153. The van der Waals surface area contributed by atoms with Gasteiger partial charge in [0.25, 0.3) is 0 Å². The molecule has 2 unspecified atom stereocenters. The Kier molecular flexibility index (Phi) is 1.86. The Morgan fingerprint density at radius 3 is 2.46 bits per heavy atom.